The summed E-state index contributed by atoms with van der Waals surface area (Å²) in [6, 6.07) is 6.25. The van der Waals surface area contributed by atoms with Crippen molar-refractivity contribution in [3.63, 3.8) is 0 Å². The Morgan fingerprint density at radius 3 is 3.11 bits per heavy atom. The Morgan fingerprint density at radius 2 is 2.33 bits per heavy atom. The fourth-order valence-corrected chi connectivity index (χ4v) is 2.19. The van der Waals surface area contributed by atoms with Crippen molar-refractivity contribution in [1.82, 2.24) is 4.90 Å². The van der Waals surface area contributed by atoms with Crippen molar-refractivity contribution in [2.75, 3.05) is 20.2 Å². The van der Waals surface area contributed by atoms with Gasteiger partial charge >= 0.3 is 5.97 Å². The number of fused-ring (bicyclic) bond motifs is 1. The first-order valence-electron chi connectivity index (χ1n) is 6.30. The van der Waals surface area contributed by atoms with Gasteiger partial charge in [0.15, 0.2) is 0 Å². The molecule has 0 aromatic heterocycles. The lowest BCUT2D eigenvalue weighted by Crippen LogP contribution is -2.21. The molecule has 0 amide bonds. The summed E-state index contributed by atoms with van der Waals surface area (Å²) >= 11 is 0. The van der Waals surface area contributed by atoms with E-state index in [0.29, 0.717) is 6.54 Å². The molecule has 98 valence electrons. The van der Waals surface area contributed by atoms with Gasteiger partial charge < -0.3 is 14.7 Å². The maximum absolute atomic E-state index is 10.5. The van der Waals surface area contributed by atoms with E-state index in [9.17, 15) is 4.79 Å². The highest BCUT2D eigenvalue weighted by molar-refractivity contribution is 5.66. The molecule has 4 nitrogen and oxygen atoms in total. The Balaban J connectivity index is 1.95. The van der Waals surface area contributed by atoms with Crippen LogP contribution in [0.3, 0.4) is 0 Å². The molecule has 1 aliphatic heterocycles. The van der Waals surface area contributed by atoms with Gasteiger partial charge in [0, 0.05) is 13.1 Å². The molecule has 4 heteroatoms. The maximum Gasteiger partial charge on any atom is 0.304 e. The van der Waals surface area contributed by atoms with Gasteiger partial charge in [-0.1, -0.05) is 12.1 Å². The van der Waals surface area contributed by atoms with Crippen molar-refractivity contribution < 1.29 is 14.6 Å². The predicted octanol–water partition coefficient (Wildman–Crippen LogP) is 1.92. The van der Waals surface area contributed by atoms with Crippen LogP contribution in [0.15, 0.2) is 18.2 Å². The zero-order valence-electron chi connectivity index (χ0n) is 10.7. The van der Waals surface area contributed by atoms with Crippen molar-refractivity contribution in [2.24, 2.45) is 0 Å². The number of carbonyl (C=O) groups is 1. The third-order valence-corrected chi connectivity index (χ3v) is 3.13. The normalized spacial score (nSPS) is 14.1. The number of carboxylic acids is 1. The van der Waals surface area contributed by atoms with Crippen LogP contribution in [0.4, 0.5) is 0 Å². The summed E-state index contributed by atoms with van der Waals surface area (Å²) in [5.41, 5.74) is 2.48. The molecule has 0 fully saturated rings. The second kappa shape index (κ2) is 5.87. The van der Waals surface area contributed by atoms with E-state index in [1.54, 1.807) is 0 Å². The van der Waals surface area contributed by atoms with Crippen molar-refractivity contribution in [3.05, 3.63) is 29.3 Å². The molecule has 0 aliphatic carbocycles. The minimum absolute atomic E-state index is 0.185. The monoisotopic (exact) mass is 249 g/mol. The molecule has 1 aromatic carbocycles. The standard InChI is InChI=1S/C14H19NO3/c1-15(7-6-14(16)17)10-11-4-5-13-12(9-11)3-2-8-18-13/h4-5,9H,2-3,6-8,10H2,1H3,(H,16,17). The lowest BCUT2D eigenvalue weighted by Gasteiger charge is -2.20. The molecular formula is C14H19NO3. The molecule has 0 spiro atoms. The number of carboxylic acid groups (broad SMARTS) is 1. The highest BCUT2D eigenvalue weighted by atomic mass is 16.5. The first-order chi connectivity index (χ1) is 8.65. The smallest absolute Gasteiger partial charge is 0.304 e. The number of benzene rings is 1. The van der Waals surface area contributed by atoms with Crippen LogP contribution >= 0.6 is 0 Å². The number of rotatable bonds is 5. The fourth-order valence-electron chi connectivity index (χ4n) is 2.19. The Labute approximate surface area is 107 Å². The van der Waals surface area contributed by atoms with Crippen LogP contribution in [-0.4, -0.2) is 36.2 Å². The van der Waals surface area contributed by atoms with E-state index in [1.807, 2.05) is 18.0 Å². The molecular weight excluding hydrogens is 230 g/mol. The van der Waals surface area contributed by atoms with Gasteiger partial charge in [-0.15, -0.1) is 0 Å². The summed E-state index contributed by atoms with van der Waals surface area (Å²) in [6.45, 7) is 2.16. The van der Waals surface area contributed by atoms with E-state index in [-0.39, 0.29) is 6.42 Å². The Hall–Kier alpha value is -1.55. The molecule has 0 saturated heterocycles. The molecule has 1 N–H and O–H groups in total. The summed E-state index contributed by atoms with van der Waals surface area (Å²) in [7, 11) is 1.94. The maximum atomic E-state index is 10.5. The van der Waals surface area contributed by atoms with Crippen molar-refractivity contribution in [1.29, 1.82) is 0 Å². The van der Waals surface area contributed by atoms with Crippen LogP contribution in [0.2, 0.25) is 0 Å². The minimum Gasteiger partial charge on any atom is -0.493 e. The topological polar surface area (TPSA) is 49.8 Å². The van der Waals surface area contributed by atoms with Crippen LogP contribution in [-0.2, 0) is 17.8 Å². The summed E-state index contributed by atoms with van der Waals surface area (Å²) in [5.74, 6) is 0.249. The van der Waals surface area contributed by atoms with Gasteiger partial charge in [0.2, 0.25) is 0 Å². The average Bonchev–Trinajstić information content (AvgIpc) is 2.36. The Kier molecular flexibility index (Phi) is 4.20. The van der Waals surface area contributed by atoms with Gasteiger partial charge in [-0.05, 0) is 37.1 Å². The average molecular weight is 249 g/mol. The van der Waals surface area contributed by atoms with Crippen LogP contribution in [0.5, 0.6) is 5.75 Å². The van der Waals surface area contributed by atoms with E-state index in [4.69, 9.17) is 9.84 Å². The van der Waals surface area contributed by atoms with E-state index in [2.05, 4.69) is 12.1 Å². The minimum atomic E-state index is -0.749. The van der Waals surface area contributed by atoms with E-state index in [1.165, 1.54) is 11.1 Å². The summed E-state index contributed by atoms with van der Waals surface area (Å²) in [6.07, 6.45) is 2.33. The van der Waals surface area contributed by atoms with E-state index >= 15 is 0 Å². The first-order valence-corrected chi connectivity index (χ1v) is 6.30. The molecule has 2 rings (SSSR count). The quantitative estimate of drug-likeness (QED) is 0.866. The number of nitrogens with zero attached hydrogens (tertiary/aromatic N) is 1. The van der Waals surface area contributed by atoms with Crippen molar-refractivity contribution >= 4 is 5.97 Å². The van der Waals surface area contributed by atoms with E-state index in [0.717, 1.165) is 31.7 Å². The molecule has 0 unspecified atom stereocenters. The van der Waals surface area contributed by atoms with Crippen LogP contribution < -0.4 is 4.74 Å². The zero-order chi connectivity index (χ0) is 13.0. The SMILES string of the molecule is CN(CCC(=O)O)Cc1ccc2c(c1)CCCO2. The number of hydrogen-bond acceptors (Lipinski definition) is 3. The van der Waals surface area contributed by atoms with Gasteiger partial charge in [0.25, 0.3) is 0 Å². The number of ether oxygens (including phenoxy) is 1. The molecule has 1 heterocycles. The third kappa shape index (κ3) is 3.47. The third-order valence-electron chi connectivity index (χ3n) is 3.13. The second-order valence-electron chi connectivity index (χ2n) is 4.78. The van der Waals surface area contributed by atoms with Crippen LogP contribution in [0.1, 0.15) is 24.0 Å². The van der Waals surface area contributed by atoms with Gasteiger partial charge in [0.05, 0.1) is 13.0 Å². The van der Waals surface area contributed by atoms with Crippen molar-refractivity contribution in [3.8, 4) is 5.75 Å². The van der Waals surface area contributed by atoms with E-state index < -0.39 is 5.97 Å². The summed E-state index contributed by atoms with van der Waals surface area (Å²) in [4.78, 5) is 12.5. The highest BCUT2D eigenvalue weighted by Crippen LogP contribution is 2.25. The molecule has 0 saturated carbocycles. The lowest BCUT2D eigenvalue weighted by atomic mass is 10.0. The lowest BCUT2D eigenvalue weighted by molar-refractivity contribution is -0.137. The summed E-state index contributed by atoms with van der Waals surface area (Å²) in [5, 5.41) is 8.64. The van der Waals surface area contributed by atoms with Gasteiger partial charge in [-0.25, -0.2) is 0 Å². The largest absolute Gasteiger partial charge is 0.493 e. The first kappa shape index (κ1) is 12.9. The van der Waals surface area contributed by atoms with Gasteiger partial charge in [-0.2, -0.15) is 0 Å². The molecule has 0 radical (unpaired) electrons. The van der Waals surface area contributed by atoms with Crippen LogP contribution in [0.25, 0.3) is 0 Å². The molecule has 1 aromatic rings. The molecule has 0 bridgehead atoms. The van der Waals surface area contributed by atoms with Crippen LogP contribution in [0, 0.1) is 0 Å². The fraction of sp³-hybridized carbons (Fsp3) is 0.500. The van der Waals surface area contributed by atoms with Crippen molar-refractivity contribution in [2.45, 2.75) is 25.8 Å². The van der Waals surface area contributed by atoms with Gasteiger partial charge in [0.1, 0.15) is 5.75 Å². The highest BCUT2D eigenvalue weighted by Gasteiger charge is 2.11. The number of aryl methyl sites for hydroxylation is 1. The molecule has 0 atom stereocenters. The summed E-state index contributed by atoms with van der Waals surface area (Å²) < 4.78 is 5.57. The van der Waals surface area contributed by atoms with Gasteiger partial charge in [-0.3, -0.25) is 4.79 Å². The molecule has 18 heavy (non-hydrogen) atoms. The molecule has 1 aliphatic rings. The second-order valence-corrected chi connectivity index (χ2v) is 4.78. The Morgan fingerprint density at radius 1 is 1.50 bits per heavy atom. The zero-order valence-corrected chi connectivity index (χ0v) is 10.7. The number of hydrogen-bond donors (Lipinski definition) is 1. The number of aliphatic carboxylic acids is 1. The Bertz CT molecular complexity index is 431. The predicted molar refractivity (Wildman–Crippen MR) is 68.8 cm³/mol.